The van der Waals surface area contributed by atoms with Crippen LogP contribution in [-0.4, -0.2) is 4.98 Å². The van der Waals surface area contributed by atoms with Crippen molar-refractivity contribution < 1.29 is 0 Å². The van der Waals surface area contributed by atoms with E-state index in [1.807, 2.05) is 25.1 Å². The van der Waals surface area contributed by atoms with Crippen molar-refractivity contribution in [3.05, 3.63) is 41.6 Å². The van der Waals surface area contributed by atoms with Crippen LogP contribution in [0.5, 0.6) is 0 Å². The number of para-hydroxylation sites is 1. The maximum absolute atomic E-state index is 5.58. The van der Waals surface area contributed by atoms with E-state index in [4.69, 9.17) is 5.73 Å². The van der Waals surface area contributed by atoms with E-state index in [2.05, 4.69) is 17.1 Å². The lowest BCUT2D eigenvalue weighted by atomic mass is 10.1. The van der Waals surface area contributed by atoms with E-state index in [0.717, 1.165) is 11.2 Å². The Hall–Kier alpha value is -1.41. The quantitative estimate of drug-likeness (QED) is 0.714. The Bertz CT molecular complexity index is 435. The zero-order chi connectivity index (χ0) is 9.26. The number of aromatic nitrogens is 1. The summed E-state index contributed by atoms with van der Waals surface area (Å²) in [5, 5.41) is 1.18. The first-order chi connectivity index (χ1) is 6.31. The van der Waals surface area contributed by atoms with Crippen LogP contribution in [0.4, 0.5) is 0 Å². The molecule has 0 atom stereocenters. The SMILES string of the molecule is Cc1cc2ccccc2nc1CN. The molecule has 1 heterocycles. The van der Waals surface area contributed by atoms with Gasteiger partial charge < -0.3 is 5.73 Å². The zero-order valence-corrected chi connectivity index (χ0v) is 7.62. The summed E-state index contributed by atoms with van der Waals surface area (Å²) in [4.78, 5) is 4.47. The second-order valence-corrected chi connectivity index (χ2v) is 3.15. The van der Waals surface area contributed by atoms with Crippen LogP contribution in [0.3, 0.4) is 0 Å². The molecule has 0 fully saturated rings. The Morgan fingerprint density at radius 3 is 2.85 bits per heavy atom. The number of fused-ring (bicyclic) bond motifs is 1. The highest BCUT2D eigenvalue weighted by molar-refractivity contribution is 5.79. The lowest BCUT2D eigenvalue weighted by Crippen LogP contribution is -2.02. The van der Waals surface area contributed by atoms with Gasteiger partial charge in [0.25, 0.3) is 0 Å². The third-order valence-electron chi connectivity index (χ3n) is 2.21. The summed E-state index contributed by atoms with van der Waals surface area (Å²) in [6, 6.07) is 10.2. The number of pyridine rings is 1. The molecule has 2 heteroatoms. The van der Waals surface area contributed by atoms with Crippen molar-refractivity contribution in [2.24, 2.45) is 5.73 Å². The van der Waals surface area contributed by atoms with E-state index in [0.29, 0.717) is 6.54 Å². The predicted octanol–water partition coefficient (Wildman–Crippen LogP) is 2.00. The number of nitrogens with two attached hydrogens (primary N) is 1. The van der Waals surface area contributed by atoms with Crippen molar-refractivity contribution in [1.29, 1.82) is 0 Å². The van der Waals surface area contributed by atoms with E-state index in [1.54, 1.807) is 0 Å². The minimum absolute atomic E-state index is 0.511. The average Bonchev–Trinajstić information content (AvgIpc) is 2.17. The summed E-state index contributed by atoms with van der Waals surface area (Å²) in [7, 11) is 0. The molecule has 1 aromatic carbocycles. The molecule has 0 bridgehead atoms. The van der Waals surface area contributed by atoms with Crippen molar-refractivity contribution >= 4 is 10.9 Å². The second kappa shape index (κ2) is 3.15. The number of nitrogens with zero attached hydrogens (tertiary/aromatic N) is 1. The predicted molar refractivity (Wildman–Crippen MR) is 54.4 cm³/mol. The normalized spacial score (nSPS) is 10.6. The van der Waals surface area contributed by atoms with Gasteiger partial charge in [-0.3, -0.25) is 4.98 Å². The van der Waals surface area contributed by atoms with E-state index in [9.17, 15) is 0 Å². The number of benzene rings is 1. The van der Waals surface area contributed by atoms with Gasteiger partial charge in [-0.1, -0.05) is 18.2 Å². The van der Waals surface area contributed by atoms with Gasteiger partial charge in [-0.25, -0.2) is 0 Å². The van der Waals surface area contributed by atoms with Crippen molar-refractivity contribution in [2.75, 3.05) is 0 Å². The van der Waals surface area contributed by atoms with Crippen LogP contribution in [0.1, 0.15) is 11.3 Å². The number of rotatable bonds is 1. The molecule has 0 aliphatic rings. The molecule has 0 aliphatic carbocycles. The fourth-order valence-electron chi connectivity index (χ4n) is 1.47. The third kappa shape index (κ3) is 1.40. The monoisotopic (exact) mass is 172 g/mol. The molecule has 0 aliphatic heterocycles. The van der Waals surface area contributed by atoms with Crippen LogP contribution < -0.4 is 5.73 Å². The first-order valence-electron chi connectivity index (χ1n) is 4.36. The molecule has 13 heavy (non-hydrogen) atoms. The first kappa shape index (κ1) is 8.20. The Balaban J connectivity index is 2.74. The van der Waals surface area contributed by atoms with E-state index >= 15 is 0 Å². The Morgan fingerprint density at radius 2 is 2.08 bits per heavy atom. The summed E-state index contributed by atoms with van der Waals surface area (Å²) in [5.41, 5.74) is 8.75. The van der Waals surface area contributed by atoms with Crippen LogP contribution >= 0.6 is 0 Å². The Kier molecular flexibility index (Phi) is 1.99. The molecule has 0 unspecified atom stereocenters. The Labute approximate surface area is 77.4 Å². The molecular weight excluding hydrogens is 160 g/mol. The van der Waals surface area contributed by atoms with Crippen LogP contribution in [0, 0.1) is 6.92 Å². The average molecular weight is 172 g/mol. The standard InChI is InChI=1S/C11H12N2/c1-8-6-9-4-2-3-5-10(9)13-11(8)7-12/h2-6H,7,12H2,1H3. The van der Waals surface area contributed by atoms with Gasteiger partial charge in [-0.2, -0.15) is 0 Å². The Morgan fingerprint density at radius 1 is 1.31 bits per heavy atom. The molecule has 66 valence electrons. The van der Waals surface area contributed by atoms with Crippen molar-refractivity contribution in [2.45, 2.75) is 13.5 Å². The lowest BCUT2D eigenvalue weighted by molar-refractivity contribution is 0.985. The lowest BCUT2D eigenvalue weighted by Gasteiger charge is -2.04. The van der Waals surface area contributed by atoms with Gasteiger partial charge in [0.2, 0.25) is 0 Å². The van der Waals surface area contributed by atoms with Gasteiger partial charge in [0.05, 0.1) is 11.2 Å². The van der Waals surface area contributed by atoms with Crippen molar-refractivity contribution in [1.82, 2.24) is 4.98 Å². The topological polar surface area (TPSA) is 38.9 Å². The summed E-state index contributed by atoms with van der Waals surface area (Å²) in [5.74, 6) is 0. The molecule has 0 spiro atoms. The summed E-state index contributed by atoms with van der Waals surface area (Å²) in [6.45, 7) is 2.55. The first-order valence-corrected chi connectivity index (χ1v) is 4.36. The molecule has 0 saturated carbocycles. The highest BCUT2D eigenvalue weighted by Gasteiger charge is 1.99. The van der Waals surface area contributed by atoms with Gasteiger partial charge >= 0.3 is 0 Å². The van der Waals surface area contributed by atoms with Gasteiger partial charge in [0.15, 0.2) is 0 Å². The van der Waals surface area contributed by atoms with Crippen molar-refractivity contribution in [3.63, 3.8) is 0 Å². The number of aryl methyl sites for hydroxylation is 1. The highest BCUT2D eigenvalue weighted by Crippen LogP contribution is 2.15. The van der Waals surface area contributed by atoms with Crippen LogP contribution in [-0.2, 0) is 6.54 Å². The highest BCUT2D eigenvalue weighted by atomic mass is 14.7. The molecule has 2 nitrogen and oxygen atoms in total. The van der Waals surface area contributed by atoms with Gasteiger partial charge in [0, 0.05) is 11.9 Å². The van der Waals surface area contributed by atoms with E-state index in [1.165, 1.54) is 10.9 Å². The number of hydrogen-bond acceptors (Lipinski definition) is 2. The zero-order valence-electron chi connectivity index (χ0n) is 7.62. The van der Waals surface area contributed by atoms with Crippen LogP contribution in [0.25, 0.3) is 10.9 Å². The van der Waals surface area contributed by atoms with Gasteiger partial charge in [0.1, 0.15) is 0 Å². The molecule has 0 radical (unpaired) electrons. The van der Waals surface area contributed by atoms with E-state index in [-0.39, 0.29) is 0 Å². The fraction of sp³-hybridized carbons (Fsp3) is 0.182. The summed E-state index contributed by atoms with van der Waals surface area (Å²) in [6.07, 6.45) is 0. The maximum atomic E-state index is 5.58. The maximum Gasteiger partial charge on any atom is 0.0706 e. The van der Waals surface area contributed by atoms with Crippen LogP contribution in [0.2, 0.25) is 0 Å². The van der Waals surface area contributed by atoms with Gasteiger partial charge in [-0.05, 0) is 24.6 Å². The third-order valence-corrected chi connectivity index (χ3v) is 2.21. The van der Waals surface area contributed by atoms with E-state index < -0.39 is 0 Å². The fourth-order valence-corrected chi connectivity index (χ4v) is 1.47. The largest absolute Gasteiger partial charge is 0.325 e. The molecule has 1 aromatic heterocycles. The second-order valence-electron chi connectivity index (χ2n) is 3.15. The molecule has 0 saturated heterocycles. The van der Waals surface area contributed by atoms with Crippen molar-refractivity contribution in [3.8, 4) is 0 Å². The summed E-state index contributed by atoms with van der Waals surface area (Å²) < 4.78 is 0. The molecule has 2 aromatic rings. The minimum atomic E-state index is 0.511. The molecular formula is C11H12N2. The minimum Gasteiger partial charge on any atom is -0.325 e. The van der Waals surface area contributed by atoms with Gasteiger partial charge in [-0.15, -0.1) is 0 Å². The molecule has 2 rings (SSSR count). The molecule has 0 amide bonds. The van der Waals surface area contributed by atoms with Crippen LogP contribution in [0.15, 0.2) is 30.3 Å². The number of hydrogen-bond donors (Lipinski definition) is 1. The molecule has 2 N–H and O–H groups in total. The summed E-state index contributed by atoms with van der Waals surface area (Å²) >= 11 is 0. The smallest absolute Gasteiger partial charge is 0.0706 e.